The number of carbonyl (C=O) groups excluding carboxylic acids is 1. The summed E-state index contributed by atoms with van der Waals surface area (Å²) in [5.41, 5.74) is 6.62. The van der Waals surface area contributed by atoms with Crippen LogP contribution in [-0.4, -0.2) is 22.9 Å². The molecule has 0 spiro atoms. The normalized spacial score (nSPS) is 23.5. The van der Waals surface area contributed by atoms with Gasteiger partial charge >= 0.3 is 0 Å². The Balaban J connectivity index is 2.33. The van der Waals surface area contributed by atoms with Crippen molar-refractivity contribution in [1.29, 1.82) is 0 Å². The van der Waals surface area contributed by atoms with Crippen molar-refractivity contribution in [3.63, 3.8) is 0 Å². The summed E-state index contributed by atoms with van der Waals surface area (Å²) in [7, 11) is 0. The zero-order valence-corrected chi connectivity index (χ0v) is 12.6. The molecule has 1 aromatic rings. The molecular weight excluding hydrogens is 283 g/mol. The van der Waals surface area contributed by atoms with Gasteiger partial charge in [0.05, 0.1) is 15.7 Å². The lowest BCUT2D eigenvalue weighted by molar-refractivity contribution is 0.0511. The van der Waals surface area contributed by atoms with Gasteiger partial charge in [0, 0.05) is 17.6 Å². The van der Waals surface area contributed by atoms with E-state index in [9.17, 15) is 4.79 Å². The molecule has 0 saturated carbocycles. The van der Waals surface area contributed by atoms with Gasteiger partial charge in [-0.1, -0.05) is 23.2 Å². The molecule has 1 fully saturated rings. The van der Waals surface area contributed by atoms with Gasteiger partial charge in [0.25, 0.3) is 5.91 Å². The Labute approximate surface area is 123 Å². The number of rotatable bonds is 1. The number of halogens is 2. The number of piperidine rings is 1. The van der Waals surface area contributed by atoms with E-state index in [0.717, 1.165) is 19.3 Å². The van der Waals surface area contributed by atoms with Gasteiger partial charge in [-0.3, -0.25) is 4.79 Å². The van der Waals surface area contributed by atoms with Crippen molar-refractivity contribution in [2.24, 2.45) is 0 Å². The van der Waals surface area contributed by atoms with Gasteiger partial charge in [-0.05, 0) is 45.2 Å². The van der Waals surface area contributed by atoms with Gasteiger partial charge in [-0.15, -0.1) is 0 Å². The van der Waals surface area contributed by atoms with E-state index in [-0.39, 0.29) is 18.0 Å². The maximum atomic E-state index is 12.6. The van der Waals surface area contributed by atoms with Crippen molar-refractivity contribution < 1.29 is 4.79 Å². The maximum Gasteiger partial charge on any atom is 0.254 e. The number of nitrogens with two attached hydrogens (primary N) is 1. The molecule has 5 heteroatoms. The lowest BCUT2D eigenvalue weighted by Gasteiger charge is -2.39. The van der Waals surface area contributed by atoms with Crippen LogP contribution in [0.4, 0.5) is 5.69 Å². The number of hydrogen-bond acceptors (Lipinski definition) is 2. The van der Waals surface area contributed by atoms with E-state index >= 15 is 0 Å². The first-order valence-electron chi connectivity index (χ1n) is 6.49. The SMILES string of the molecule is CC1CCCC(C)N1C(=O)c1cc(N)c(Cl)c(Cl)c1. The molecule has 2 atom stereocenters. The molecule has 2 unspecified atom stereocenters. The standard InChI is InChI=1S/C14H18Cl2N2O/c1-8-4-3-5-9(2)18(8)14(19)10-6-11(15)13(16)12(17)7-10/h6-9H,3-5,17H2,1-2H3. The maximum absolute atomic E-state index is 12.6. The lowest BCUT2D eigenvalue weighted by Crippen LogP contribution is -2.47. The number of anilines is 1. The Kier molecular flexibility index (Phi) is 4.26. The minimum absolute atomic E-state index is 0.0232. The van der Waals surface area contributed by atoms with Crippen LogP contribution in [0, 0.1) is 0 Å². The average Bonchev–Trinajstić information content (AvgIpc) is 2.35. The third-order valence-corrected chi connectivity index (χ3v) is 4.55. The zero-order valence-electron chi connectivity index (χ0n) is 11.1. The van der Waals surface area contributed by atoms with E-state index in [2.05, 4.69) is 13.8 Å². The fraction of sp³-hybridized carbons (Fsp3) is 0.500. The molecule has 1 heterocycles. The number of nitrogens with zero attached hydrogens (tertiary/aromatic N) is 1. The number of likely N-dealkylation sites (tertiary alicyclic amines) is 1. The first-order valence-corrected chi connectivity index (χ1v) is 7.24. The Morgan fingerprint density at radius 3 is 2.37 bits per heavy atom. The molecule has 1 aromatic carbocycles. The summed E-state index contributed by atoms with van der Waals surface area (Å²) in [5.74, 6) is -0.0232. The Hall–Kier alpha value is -0.930. The van der Waals surface area contributed by atoms with Crippen LogP contribution in [0.25, 0.3) is 0 Å². The molecule has 2 rings (SSSR count). The highest BCUT2D eigenvalue weighted by atomic mass is 35.5. The van der Waals surface area contributed by atoms with E-state index in [0.29, 0.717) is 21.3 Å². The highest BCUT2D eigenvalue weighted by Gasteiger charge is 2.30. The summed E-state index contributed by atoms with van der Waals surface area (Å²) in [5, 5.41) is 0.625. The predicted molar refractivity (Wildman–Crippen MR) is 79.8 cm³/mol. The second-order valence-corrected chi connectivity index (χ2v) is 5.99. The van der Waals surface area contributed by atoms with E-state index < -0.39 is 0 Å². The van der Waals surface area contributed by atoms with Crippen LogP contribution in [0.1, 0.15) is 43.5 Å². The number of amides is 1. The lowest BCUT2D eigenvalue weighted by atomic mass is 9.96. The third-order valence-electron chi connectivity index (χ3n) is 3.73. The summed E-state index contributed by atoms with van der Waals surface area (Å²) < 4.78 is 0. The second-order valence-electron chi connectivity index (χ2n) is 5.20. The molecule has 0 aromatic heterocycles. The van der Waals surface area contributed by atoms with Crippen molar-refractivity contribution in [2.45, 2.75) is 45.2 Å². The number of benzene rings is 1. The minimum atomic E-state index is -0.0232. The van der Waals surface area contributed by atoms with E-state index in [1.165, 1.54) is 0 Å². The molecular formula is C14H18Cl2N2O. The molecule has 1 aliphatic rings. The van der Waals surface area contributed by atoms with E-state index in [1.807, 2.05) is 4.90 Å². The van der Waals surface area contributed by atoms with Crippen molar-refractivity contribution in [2.75, 3.05) is 5.73 Å². The largest absolute Gasteiger partial charge is 0.397 e. The third kappa shape index (κ3) is 2.82. The van der Waals surface area contributed by atoms with Crippen LogP contribution in [0.3, 0.4) is 0 Å². The predicted octanol–water partition coefficient (Wildman–Crippen LogP) is 3.98. The van der Waals surface area contributed by atoms with Crippen LogP contribution >= 0.6 is 23.2 Å². The summed E-state index contributed by atoms with van der Waals surface area (Å²) in [4.78, 5) is 14.5. The highest BCUT2D eigenvalue weighted by Crippen LogP contribution is 2.31. The molecule has 1 amide bonds. The van der Waals surface area contributed by atoms with Crippen LogP contribution in [0.2, 0.25) is 10.0 Å². The van der Waals surface area contributed by atoms with Gasteiger partial charge in [-0.2, -0.15) is 0 Å². The molecule has 2 N–H and O–H groups in total. The van der Waals surface area contributed by atoms with Gasteiger partial charge in [-0.25, -0.2) is 0 Å². The molecule has 0 radical (unpaired) electrons. The second kappa shape index (κ2) is 5.59. The van der Waals surface area contributed by atoms with Gasteiger partial charge in [0.15, 0.2) is 0 Å². The minimum Gasteiger partial charge on any atom is -0.397 e. The first kappa shape index (κ1) is 14.5. The summed E-state index contributed by atoms with van der Waals surface area (Å²) in [6.45, 7) is 4.16. The molecule has 104 valence electrons. The first-order chi connectivity index (χ1) is 8.91. The van der Waals surface area contributed by atoms with Gasteiger partial charge in [0.2, 0.25) is 0 Å². The quantitative estimate of drug-likeness (QED) is 0.798. The Morgan fingerprint density at radius 2 is 1.84 bits per heavy atom. The average molecular weight is 301 g/mol. The van der Waals surface area contributed by atoms with Crippen molar-refractivity contribution in [1.82, 2.24) is 4.90 Å². The molecule has 1 saturated heterocycles. The van der Waals surface area contributed by atoms with E-state index in [4.69, 9.17) is 28.9 Å². The van der Waals surface area contributed by atoms with Gasteiger partial charge in [0.1, 0.15) is 0 Å². The number of carbonyl (C=O) groups is 1. The smallest absolute Gasteiger partial charge is 0.254 e. The van der Waals surface area contributed by atoms with Crippen LogP contribution in [0.5, 0.6) is 0 Å². The summed E-state index contributed by atoms with van der Waals surface area (Å²) >= 11 is 11.9. The summed E-state index contributed by atoms with van der Waals surface area (Å²) in [6, 6.07) is 3.68. The number of hydrogen-bond donors (Lipinski definition) is 1. The van der Waals surface area contributed by atoms with Crippen LogP contribution < -0.4 is 5.73 Å². The van der Waals surface area contributed by atoms with Crippen molar-refractivity contribution in [3.8, 4) is 0 Å². The van der Waals surface area contributed by atoms with Crippen molar-refractivity contribution in [3.05, 3.63) is 27.7 Å². The fourth-order valence-corrected chi connectivity index (χ4v) is 3.04. The zero-order chi connectivity index (χ0) is 14.2. The fourth-order valence-electron chi connectivity index (χ4n) is 2.70. The molecule has 0 bridgehead atoms. The molecule has 19 heavy (non-hydrogen) atoms. The molecule has 0 aliphatic carbocycles. The van der Waals surface area contributed by atoms with Gasteiger partial charge < -0.3 is 10.6 Å². The van der Waals surface area contributed by atoms with Crippen LogP contribution in [0.15, 0.2) is 12.1 Å². The summed E-state index contributed by atoms with van der Waals surface area (Å²) in [6.07, 6.45) is 3.23. The van der Waals surface area contributed by atoms with E-state index in [1.54, 1.807) is 12.1 Å². The van der Waals surface area contributed by atoms with Crippen LogP contribution in [-0.2, 0) is 0 Å². The topological polar surface area (TPSA) is 46.3 Å². The highest BCUT2D eigenvalue weighted by molar-refractivity contribution is 6.43. The Morgan fingerprint density at radius 1 is 1.26 bits per heavy atom. The molecule has 1 aliphatic heterocycles. The monoisotopic (exact) mass is 300 g/mol. The number of nitrogen functional groups attached to an aromatic ring is 1. The van der Waals surface area contributed by atoms with Crippen molar-refractivity contribution >= 4 is 34.8 Å². The molecule has 3 nitrogen and oxygen atoms in total. The Bertz CT molecular complexity index is 471.